The van der Waals surface area contributed by atoms with E-state index < -0.39 is 31.0 Å². The SMILES string of the molecule is OC[C@@H](O)[C@@H](O)[C@H](O)[C@@H](O)CNc1cc2ncnc(Nc3cccc(Br)c3)c2cn1. The number of aliphatic hydroxyl groups is 5. The van der Waals surface area contributed by atoms with E-state index in [-0.39, 0.29) is 6.54 Å². The number of pyridine rings is 1. The van der Waals surface area contributed by atoms with Crippen molar-refractivity contribution in [1.82, 2.24) is 15.0 Å². The molecule has 10 nitrogen and oxygen atoms in total. The molecule has 11 heteroatoms. The summed E-state index contributed by atoms with van der Waals surface area (Å²) >= 11 is 3.42. The van der Waals surface area contributed by atoms with Gasteiger partial charge in [-0.25, -0.2) is 15.0 Å². The van der Waals surface area contributed by atoms with Gasteiger partial charge in [0, 0.05) is 29.0 Å². The highest BCUT2D eigenvalue weighted by Crippen LogP contribution is 2.25. The molecule has 160 valence electrons. The Morgan fingerprint density at radius 1 is 0.967 bits per heavy atom. The molecule has 0 fully saturated rings. The summed E-state index contributed by atoms with van der Waals surface area (Å²) in [5.41, 5.74) is 1.44. The van der Waals surface area contributed by atoms with E-state index in [9.17, 15) is 20.4 Å². The molecule has 0 unspecified atom stereocenters. The second-order valence-corrected chi connectivity index (χ2v) is 7.54. The van der Waals surface area contributed by atoms with Crippen LogP contribution in [-0.2, 0) is 0 Å². The first-order chi connectivity index (χ1) is 14.4. The number of benzene rings is 1. The Morgan fingerprint density at radius 2 is 1.73 bits per heavy atom. The van der Waals surface area contributed by atoms with E-state index >= 15 is 0 Å². The third-order valence-electron chi connectivity index (χ3n) is 4.43. The largest absolute Gasteiger partial charge is 0.394 e. The Kier molecular flexibility index (Phi) is 7.48. The van der Waals surface area contributed by atoms with Crippen LogP contribution in [0.3, 0.4) is 0 Å². The minimum Gasteiger partial charge on any atom is -0.394 e. The average molecular weight is 480 g/mol. The van der Waals surface area contributed by atoms with E-state index in [2.05, 4.69) is 41.5 Å². The average Bonchev–Trinajstić information content (AvgIpc) is 2.75. The van der Waals surface area contributed by atoms with Gasteiger partial charge in [0.2, 0.25) is 0 Å². The van der Waals surface area contributed by atoms with E-state index in [4.69, 9.17) is 5.11 Å². The molecule has 0 aliphatic rings. The van der Waals surface area contributed by atoms with Gasteiger partial charge in [0.15, 0.2) is 0 Å². The fourth-order valence-electron chi connectivity index (χ4n) is 2.74. The van der Waals surface area contributed by atoms with Crippen molar-refractivity contribution in [2.75, 3.05) is 23.8 Å². The first-order valence-corrected chi connectivity index (χ1v) is 9.88. The van der Waals surface area contributed by atoms with Crippen LogP contribution in [0.2, 0.25) is 0 Å². The molecule has 0 bridgehead atoms. The topological polar surface area (TPSA) is 164 Å². The molecule has 3 rings (SSSR count). The quantitative estimate of drug-likeness (QED) is 0.228. The van der Waals surface area contributed by atoms with Gasteiger partial charge in [-0.15, -0.1) is 0 Å². The molecular weight excluding hydrogens is 458 g/mol. The maximum atomic E-state index is 10.0. The Morgan fingerprint density at radius 3 is 2.47 bits per heavy atom. The second kappa shape index (κ2) is 10.1. The van der Waals surface area contributed by atoms with Crippen molar-refractivity contribution in [3.8, 4) is 0 Å². The smallest absolute Gasteiger partial charge is 0.143 e. The van der Waals surface area contributed by atoms with Crippen molar-refractivity contribution in [2.24, 2.45) is 0 Å². The summed E-state index contributed by atoms with van der Waals surface area (Å²) in [5, 5.41) is 54.5. The highest BCUT2D eigenvalue weighted by molar-refractivity contribution is 9.10. The zero-order chi connectivity index (χ0) is 21.7. The third-order valence-corrected chi connectivity index (χ3v) is 4.92. The molecule has 0 spiro atoms. The van der Waals surface area contributed by atoms with Crippen LogP contribution in [0.1, 0.15) is 0 Å². The number of aliphatic hydroxyl groups excluding tert-OH is 5. The summed E-state index contributed by atoms with van der Waals surface area (Å²) in [6.45, 7) is -0.885. The van der Waals surface area contributed by atoms with Crippen LogP contribution >= 0.6 is 15.9 Å². The van der Waals surface area contributed by atoms with Gasteiger partial charge in [-0.1, -0.05) is 22.0 Å². The van der Waals surface area contributed by atoms with Crippen LogP contribution in [0.25, 0.3) is 10.9 Å². The van der Waals surface area contributed by atoms with Gasteiger partial charge in [-0.2, -0.15) is 0 Å². The molecule has 0 saturated heterocycles. The molecular formula is C19H22BrN5O5. The molecule has 0 radical (unpaired) electrons. The highest BCUT2D eigenvalue weighted by atomic mass is 79.9. The lowest BCUT2D eigenvalue weighted by Crippen LogP contribution is -2.48. The van der Waals surface area contributed by atoms with Crippen molar-refractivity contribution in [3.05, 3.63) is 47.3 Å². The van der Waals surface area contributed by atoms with Crippen LogP contribution in [0, 0.1) is 0 Å². The molecule has 30 heavy (non-hydrogen) atoms. The van der Waals surface area contributed by atoms with Crippen LogP contribution < -0.4 is 10.6 Å². The summed E-state index contributed by atoms with van der Waals surface area (Å²) in [6, 6.07) is 9.27. The molecule has 2 aromatic heterocycles. The number of nitrogens with zero attached hydrogens (tertiary/aromatic N) is 3. The van der Waals surface area contributed by atoms with Crippen molar-refractivity contribution in [2.45, 2.75) is 24.4 Å². The summed E-state index contributed by atoms with van der Waals surface area (Å²) in [5.74, 6) is 0.965. The fraction of sp³-hybridized carbons (Fsp3) is 0.316. The molecule has 0 aliphatic heterocycles. The molecule has 1 aromatic carbocycles. The Bertz CT molecular complexity index is 994. The van der Waals surface area contributed by atoms with Crippen LogP contribution in [0.15, 0.2) is 47.3 Å². The predicted octanol–water partition coefficient (Wildman–Crippen LogP) is 0.379. The Hall–Kier alpha value is -2.41. The standard InChI is InChI=1S/C19H22BrN5O5/c20-10-2-1-3-11(4-10)25-19-12-6-21-16(5-13(12)23-9-24-19)22-7-14(27)17(29)18(30)15(28)8-26/h1-6,9,14-15,17-18,26-30H,7-8H2,(H,21,22)(H,23,24,25)/t14-,15+,17+,18+/m0/s1. The van der Waals surface area contributed by atoms with E-state index in [1.165, 1.54) is 6.33 Å². The van der Waals surface area contributed by atoms with Gasteiger partial charge in [-0.3, -0.25) is 0 Å². The number of hydrogen-bond donors (Lipinski definition) is 7. The van der Waals surface area contributed by atoms with Gasteiger partial charge in [0.25, 0.3) is 0 Å². The van der Waals surface area contributed by atoms with Gasteiger partial charge < -0.3 is 36.2 Å². The van der Waals surface area contributed by atoms with E-state index in [0.717, 1.165) is 10.2 Å². The van der Waals surface area contributed by atoms with E-state index in [0.29, 0.717) is 22.5 Å². The molecule has 0 amide bonds. The molecule has 4 atom stereocenters. The maximum Gasteiger partial charge on any atom is 0.143 e. The summed E-state index contributed by atoms with van der Waals surface area (Å²) in [7, 11) is 0. The zero-order valence-electron chi connectivity index (χ0n) is 15.7. The lowest BCUT2D eigenvalue weighted by atomic mass is 10.0. The van der Waals surface area contributed by atoms with E-state index in [1.807, 2.05) is 24.3 Å². The van der Waals surface area contributed by atoms with Gasteiger partial charge >= 0.3 is 0 Å². The number of anilines is 3. The molecule has 7 N–H and O–H groups in total. The van der Waals surface area contributed by atoms with Crippen LogP contribution in [-0.4, -0.2) is 78.1 Å². The van der Waals surface area contributed by atoms with E-state index in [1.54, 1.807) is 12.3 Å². The Balaban J connectivity index is 1.70. The third kappa shape index (κ3) is 5.39. The van der Waals surface area contributed by atoms with Crippen molar-refractivity contribution in [1.29, 1.82) is 0 Å². The van der Waals surface area contributed by atoms with Gasteiger partial charge in [0.05, 0.1) is 23.6 Å². The lowest BCUT2D eigenvalue weighted by Gasteiger charge is -2.25. The first kappa shape index (κ1) is 22.3. The van der Waals surface area contributed by atoms with Crippen molar-refractivity contribution >= 4 is 44.2 Å². The summed E-state index contributed by atoms with van der Waals surface area (Å²) in [6.07, 6.45) is -3.30. The van der Waals surface area contributed by atoms with Gasteiger partial charge in [0.1, 0.15) is 36.3 Å². The second-order valence-electron chi connectivity index (χ2n) is 6.62. The lowest BCUT2D eigenvalue weighted by molar-refractivity contribution is -0.111. The maximum absolute atomic E-state index is 10.0. The van der Waals surface area contributed by atoms with Gasteiger partial charge in [-0.05, 0) is 18.2 Å². The molecule has 3 aromatic rings. The fourth-order valence-corrected chi connectivity index (χ4v) is 3.14. The number of aromatic nitrogens is 3. The van der Waals surface area contributed by atoms with Crippen LogP contribution in [0.4, 0.5) is 17.3 Å². The highest BCUT2D eigenvalue weighted by Gasteiger charge is 2.29. The monoisotopic (exact) mass is 479 g/mol. The van der Waals surface area contributed by atoms with Crippen molar-refractivity contribution < 1.29 is 25.5 Å². The van der Waals surface area contributed by atoms with Crippen LogP contribution in [0.5, 0.6) is 0 Å². The Labute approximate surface area is 180 Å². The first-order valence-electron chi connectivity index (χ1n) is 9.09. The number of nitrogens with one attached hydrogen (secondary N) is 2. The number of rotatable bonds is 9. The predicted molar refractivity (Wildman–Crippen MR) is 114 cm³/mol. The summed E-state index contributed by atoms with van der Waals surface area (Å²) in [4.78, 5) is 12.8. The zero-order valence-corrected chi connectivity index (χ0v) is 17.3. The number of halogens is 1. The number of fused-ring (bicyclic) bond motifs is 1. The summed E-state index contributed by atoms with van der Waals surface area (Å²) < 4.78 is 0.924. The minimum atomic E-state index is -1.68. The molecule has 0 aliphatic carbocycles. The molecule has 0 saturated carbocycles. The van der Waals surface area contributed by atoms with Crippen molar-refractivity contribution in [3.63, 3.8) is 0 Å². The normalized spacial score (nSPS) is 15.4. The number of hydrogen-bond acceptors (Lipinski definition) is 10. The minimum absolute atomic E-state index is 0.150. The molecule has 2 heterocycles.